The van der Waals surface area contributed by atoms with Gasteiger partial charge in [0.2, 0.25) is 5.90 Å². The number of carbonyl (C=O) groups excluding carboxylic acids is 1. The molecule has 0 aliphatic carbocycles. The maximum atomic E-state index is 12.3. The first kappa shape index (κ1) is 17.8. The highest BCUT2D eigenvalue weighted by atomic mass is 35.5. The zero-order valence-corrected chi connectivity index (χ0v) is 16.6. The first-order valence-electron chi connectivity index (χ1n) is 8.33. The second-order valence-electron chi connectivity index (χ2n) is 6.26. The molecule has 1 aliphatic heterocycles. The molecule has 0 radical (unpaired) electrons. The molecule has 136 valence electrons. The number of esters is 1. The number of benzene rings is 2. The lowest BCUT2D eigenvalue weighted by atomic mass is 10.1. The lowest BCUT2D eigenvalue weighted by molar-refractivity contribution is -0.129. The number of halogens is 1. The first-order valence-corrected chi connectivity index (χ1v) is 9.52. The minimum Gasteiger partial charge on any atom is -0.496 e. The van der Waals surface area contributed by atoms with Crippen molar-refractivity contribution in [3.05, 3.63) is 68.7 Å². The van der Waals surface area contributed by atoms with E-state index in [0.29, 0.717) is 9.90 Å². The number of ether oxygens (including phenoxy) is 2. The van der Waals surface area contributed by atoms with Crippen molar-refractivity contribution in [1.29, 1.82) is 0 Å². The summed E-state index contributed by atoms with van der Waals surface area (Å²) >= 11 is 7.98. The van der Waals surface area contributed by atoms with Crippen LogP contribution in [0.3, 0.4) is 0 Å². The van der Waals surface area contributed by atoms with Crippen LogP contribution < -0.4 is 4.74 Å². The molecular formula is C21H16ClNO3S. The van der Waals surface area contributed by atoms with Gasteiger partial charge in [-0.05, 0) is 48.7 Å². The molecular weight excluding hydrogens is 382 g/mol. The van der Waals surface area contributed by atoms with E-state index in [2.05, 4.69) is 11.1 Å². The van der Waals surface area contributed by atoms with Crippen molar-refractivity contribution in [1.82, 2.24) is 0 Å². The van der Waals surface area contributed by atoms with E-state index < -0.39 is 5.97 Å². The van der Waals surface area contributed by atoms with E-state index >= 15 is 0 Å². The summed E-state index contributed by atoms with van der Waals surface area (Å²) in [6.07, 6.45) is 1.71. The number of carbonyl (C=O) groups is 1. The van der Waals surface area contributed by atoms with Gasteiger partial charge in [0.05, 0.1) is 12.1 Å². The van der Waals surface area contributed by atoms with Crippen LogP contribution in [0.4, 0.5) is 0 Å². The normalized spacial score (nSPS) is 15.3. The summed E-state index contributed by atoms with van der Waals surface area (Å²) in [5.41, 5.74) is 3.17. The standard InChI is InChI=1S/C21H16ClNO3S/c1-11-7-8-14-17(9-11)27-19(18(14)22)20-23-15(21(24)26-20)10-13-5-4-6-16(25-3)12(13)2/h4-10H,1-3H3/b15-10-. The van der Waals surface area contributed by atoms with E-state index in [4.69, 9.17) is 21.1 Å². The highest BCUT2D eigenvalue weighted by molar-refractivity contribution is 7.21. The minimum atomic E-state index is -0.489. The van der Waals surface area contributed by atoms with E-state index in [9.17, 15) is 4.79 Å². The molecule has 0 bridgehead atoms. The van der Waals surface area contributed by atoms with Crippen LogP contribution >= 0.6 is 22.9 Å². The maximum Gasteiger partial charge on any atom is 0.363 e. The van der Waals surface area contributed by atoms with E-state index in [0.717, 1.165) is 32.5 Å². The Kier molecular flexibility index (Phi) is 4.50. The molecule has 0 saturated heterocycles. The summed E-state index contributed by atoms with van der Waals surface area (Å²) in [6.45, 7) is 3.96. The van der Waals surface area contributed by atoms with E-state index in [1.807, 2.05) is 44.2 Å². The number of aryl methyl sites for hydroxylation is 1. The Morgan fingerprint density at radius 1 is 1.22 bits per heavy atom. The summed E-state index contributed by atoms with van der Waals surface area (Å²) in [6, 6.07) is 11.7. The summed E-state index contributed by atoms with van der Waals surface area (Å²) < 4.78 is 11.8. The van der Waals surface area contributed by atoms with Crippen molar-refractivity contribution in [3.63, 3.8) is 0 Å². The number of nitrogens with zero attached hydrogens (tertiary/aromatic N) is 1. The monoisotopic (exact) mass is 397 g/mol. The number of thiophene rings is 1. The third kappa shape index (κ3) is 3.13. The van der Waals surface area contributed by atoms with Gasteiger partial charge in [-0.1, -0.05) is 35.9 Å². The number of aliphatic imine (C=N–C) groups is 1. The highest BCUT2D eigenvalue weighted by Crippen LogP contribution is 2.38. The molecule has 0 unspecified atom stereocenters. The van der Waals surface area contributed by atoms with Crippen LogP contribution in [0.1, 0.15) is 21.6 Å². The SMILES string of the molecule is COc1cccc(/C=C2\N=C(c3sc4cc(C)ccc4c3Cl)OC2=O)c1C. The average molecular weight is 398 g/mol. The van der Waals surface area contributed by atoms with Crippen molar-refractivity contribution in [2.75, 3.05) is 7.11 Å². The number of cyclic esters (lactones) is 1. The lowest BCUT2D eigenvalue weighted by Gasteiger charge is -2.06. The molecule has 1 aliphatic rings. The summed E-state index contributed by atoms with van der Waals surface area (Å²) in [5.74, 6) is 0.510. The minimum absolute atomic E-state index is 0.242. The third-order valence-corrected chi connectivity index (χ3v) is 6.08. The fourth-order valence-electron chi connectivity index (χ4n) is 2.97. The van der Waals surface area contributed by atoms with Crippen LogP contribution in [0.5, 0.6) is 5.75 Å². The molecule has 3 aromatic rings. The zero-order chi connectivity index (χ0) is 19.1. The van der Waals surface area contributed by atoms with Gasteiger partial charge < -0.3 is 9.47 Å². The van der Waals surface area contributed by atoms with Gasteiger partial charge in [-0.2, -0.15) is 0 Å². The molecule has 0 saturated carbocycles. The summed E-state index contributed by atoms with van der Waals surface area (Å²) in [7, 11) is 1.62. The van der Waals surface area contributed by atoms with Crippen molar-refractivity contribution < 1.29 is 14.3 Å². The largest absolute Gasteiger partial charge is 0.496 e. The Labute approximate surface area is 165 Å². The van der Waals surface area contributed by atoms with Crippen molar-refractivity contribution in [3.8, 4) is 5.75 Å². The fourth-order valence-corrected chi connectivity index (χ4v) is 4.51. The molecule has 4 rings (SSSR count). The topological polar surface area (TPSA) is 47.9 Å². The Hall–Kier alpha value is -2.63. The molecule has 0 N–H and O–H groups in total. The van der Waals surface area contributed by atoms with Crippen LogP contribution in [0.2, 0.25) is 5.02 Å². The maximum absolute atomic E-state index is 12.3. The molecule has 27 heavy (non-hydrogen) atoms. The number of methoxy groups -OCH3 is 1. The summed E-state index contributed by atoms with van der Waals surface area (Å²) in [5, 5.41) is 1.49. The van der Waals surface area contributed by atoms with E-state index in [1.54, 1.807) is 13.2 Å². The molecule has 2 heterocycles. The zero-order valence-electron chi connectivity index (χ0n) is 15.0. The Morgan fingerprint density at radius 3 is 2.81 bits per heavy atom. The first-order chi connectivity index (χ1) is 13.0. The Bertz CT molecular complexity index is 1140. The van der Waals surface area contributed by atoms with Gasteiger partial charge in [-0.25, -0.2) is 9.79 Å². The van der Waals surface area contributed by atoms with Crippen LogP contribution in [0.25, 0.3) is 16.2 Å². The van der Waals surface area contributed by atoms with Crippen molar-refractivity contribution in [2.45, 2.75) is 13.8 Å². The van der Waals surface area contributed by atoms with E-state index in [1.165, 1.54) is 11.3 Å². The number of hydrogen-bond acceptors (Lipinski definition) is 5. The van der Waals surface area contributed by atoms with E-state index in [-0.39, 0.29) is 11.6 Å². The predicted octanol–water partition coefficient (Wildman–Crippen LogP) is 5.52. The Morgan fingerprint density at radius 2 is 2.04 bits per heavy atom. The lowest BCUT2D eigenvalue weighted by Crippen LogP contribution is -2.04. The van der Waals surface area contributed by atoms with Crippen LogP contribution in [-0.2, 0) is 9.53 Å². The fraction of sp³-hybridized carbons (Fsp3) is 0.143. The molecule has 0 amide bonds. The van der Waals surface area contributed by atoms with Gasteiger partial charge in [0.1, 0.15) is 10.6 Å². The second kappa shape index (κ2) is 6.83. The number of rotatable bonds is 3. The Balaban J connectivity index is 1.77. The van der Waals surface area contributed by atoms with Crippen LogP contribution in [-0.4, -0.2) is 19.0 Å². The second-order valence-corrected chi connectivity index (χ2v) is 7.69. The molecule has 0 spiro atoms. The third-order valence-electron chi connectivity index (χ3n) is 4.44. The molecule has 1 aromatic heterocycles. The van der Waals surface area contributed by atoms with Crippen LogP contribution in [0.15, 0.2) is 47.1 Å². The van der Waals surface area contributed by atoms with Crippen molar-refractivity contribution in [2.24, 2.45) is 4.99 Å². The van der Waals surface area contributed by atoms with Crippen molar-refractivity contribution >= 4 is 51.0 Å². The smallest absolute Gasteiger partial charge is 0.363 e. The molecule has 6 heteroatoms. The van der Waals surface area contributed by atoms with Gasteiger partial charge >= 0.3 is 5.97 Å². The molecule has 0 fully saturated rings. The van der Waals surface area contributed by atoms with Crippen LogP contribution in [0, 0.1) is 13.8 Å². The van der Waals surface area contributed by atoms with Gasteiger partial charge in [0.15, 0.2) is 5.70 Å². The average Bonchev–Trinajstić information content (AvgIpc) is 3.16. The predicted molar refractivity (Wildman–Crippen MR) is 110 cm³/mol. The molecule has 4 nitrogen and oxygen atoms in total. The number of hydrogen-bond donors (Lipinski definition) is 0. The van der Waals surface area contributed by atoms with Gasteiger partial charge in [-0.3, -0.25) is 0 Å². The van der Waals surface area contributed by atoms with Gasteiger partial charge in [0, 0.05) is 10.1 Å². The summed E-state index contributed by atoms with van der Waals surface area (Å²) in [4.78, 5) is 17.4. The van der Waals surface area contributed by atoms with Gasteiger partial charge in [0.25, 0.3) is 0 Å². The number of fused-ring (bicyclic) bond motifs is 1. The van der Waals surface area contributed by atoms with Gasteiger partial charge in [-0.15, -0.1) is 11.3 Å². The molecule has 2 aromatic carbocycles. The highest BCUT2D eigenvalue weighted by Gasteiger charge is 2.28. The quantitative estimate of drug-likeness (QED) is 0.431. The molecule has 0 atom stereocenters.